The van der Waals surface area contributed by atoms with E-state index in [-0.39, 0.29) is 5.78 Å². The fourth-order valence-corrected chi connectivity index (χ4v) is 4.29. The van der Waals surface area contributed by atoms with Crippen LogP contribution in [0.5, 0.6) is 0 Å². The zero-order chi connectivity index (χ0) is 20.2. The molecular weight excluding hydrogens is 490 g/mol. The number of rotatable bonds is 3. The Hall–Kier alpha value is -2.43. The van der Waals surface area contributed by atoms with Crippen LogP contribution in [0.2, 0.25) is 0 Å². The Labute approximate surface area is 187 Å². The predicted octanol–water partition coefficient (Wildman–Crippen LogP) is 6.77. The number of benzene rings is 3. The lowest BCUT2D eigenvalue weighted by atomic mass is 9.94. The molecule has 144 valence electrons. The highest BCUT2D eigenvalue weighted by atomic mass is 79.9. The SMILES string of the molecule is O=C1/C(=C\c2cccc(Br)c2)CN(c2ccccc2)C/C1=C\c1cccc(Br)c1. The molecule has 1 aliphatic rings. The van der Waals surface area contributed by atoms with Crippen LogP contribution in [0.3, 0.4) is 0 Å². The van der Waals surface area contributed by atoms with E-state index >= 15 is 0 Å². The summed E-state index contributed by atoms with van der Waals surface area (Å²) in [5.74, 6) is 0.108. The number of halogens is 2. The van der Waals surface area contributed by atoms with Crippen molar-refractivity contribution in [2.45, 2.75) is 0 Å². The lowest BCUT2D eigenvalue weighted by molar-refractivity contribution is -0.112. The number of Topliss-reactive ketones (excluding diaryl/α,β-unsaturated/α-hetero) is 1. The van der Waals surface area contributed by atoms with Gasteiger partial charge in [-0.15, -0.1) is 0 Å². The van der Waals surface area contributed by atoms with Gasteiger partial charge in [-0.05, 0) is 59.7 Å². The normalized spacial score (nSPS) is 17.2. The highest BCUT2D eigenvalue weighted by Gasteiger charge is 2.26. The van der Waals surface area contributed by atoms with E-state index in [9.17, 15) is 4.79 Å². The van der Waals surface area contributed by atoms with Gasteiger partial charge in [0.25, 0.3) is 0 Å². The molecule has 0 amide bonds. The third-order valence-corrected chi connectivity index (χ3v) is 5.79. The first-order chi connectivity index (χ1) is 14.1. The first-order valence-electron chi connectivity index (χ1n) is 9.35. The van der Waals surface area contributed by atoms with Gasteiger partial charge in [-0.1, -0.05) is 74.3 Å². The molecule has 0 bridgehead atoms. The van der Waals surface area contributed by atoms with Crippen molar-refractivity contribution < 1.29 is 4.79 Å². The molecule has 3 aromatic carbocycles. The number of ketones is 1. The molecule has 0 unspecified atom stereocenters. The van der Waals surface area contributed by atoms with Crippen molar-refractivity contribution in [3.05, 3.63) is 110 Å². The van der Waals surface area contributed by atoms with Crippen molar-refractivity contribution in [2.75, 3.05) is 18.0 Å². The molecule has 3 aromatic rings. The minimum absolute atomic E-state index is 0.108. The second-order valence-electron chi connectivity index (χ2n) is 6.97. The van der Waals surface area contributed by atoms with Crippen LogP contribution in [-0.2, 0) is 4.79 Å². The third-order valence-electron chi connectivity index (χ3n) is 4.81. The van der Waals surface area contributed by atoms with Crippen molar-refractivity contribution in [1.82, 2.24) is 0 Å². The summed E-state index contributed by atoms with van der Waals surface area (Å²) in [4.78, 5) is 15.5. The number of piperidine rings is 1. The Balaban J connectivity index is 1.75. The van der Waals surface area contributed by atoms with E-state index in [1.165, 1.54) is 0 Å². The van der Waals surface area contributed by atoms with E-state index in [1.54, 1.807) is 0 Å². The Bertz CT molecular complexity index is 1040. The highest BCUT2D eigenvalue weighted by molar-refractivity contribution is 9.10. The van der Waals surface area contributed by atoms with E-state index in [4.69, 9.17) is 0 Å². The smallest absolute Gasteiger partial charge is 0.188 e. The van der Waals surface area contributed by atoms with E-state index < -0.39 is 0 Å². The Morgan fingerprint density at radius 3 is 1.69 bits per heavy atom. The summed E-state index contributed by atoms with van der Waals surface area (Å²) in [6.07, 6.45) is 3.99. The highest BCUT2D eigenvalue weighted by Crippen LogP contribution is 2.27. The number of hydrogen-bond acceptors (Lipinski definition) is 2. The van der Waals surface area contributed by atoms with Gasteiger partial charge in [-0.25, -0.2) is 0 Å². The summed E-state index contributed by atoms with van der Waals surface area (Å²) in [7, 11) is 0. The summed E-state index contributed by atoms with van der Waals surface area (Å²) < 4.78 is 2.00. The molecule has 0 aliphatic carbocycles. The van der Waals surface area contributed by atoms with Gasteiger partial charge in [0.2, 0.25) is 0 Å². The Morgan fingerprint density at radius 1 is 0.690 bits per heavy atom. The first kappa shape index (κ1) is 19.9. The average Bonchev–Trinajstić information content (AvgIpc) is 2.71. The summed E-state index contributed by atoms with van der Waals surface area (Å²) in [6.45, 7) is 1.18. The molecule has 1 saturated heterocycles. The van der Waals surface area contributed by atoms with Crippen LogP contribution in [0.1, 0.15) is 11.1 Å². The second kappa shape index (κ2) is 8.93. The fourth-order valence-electron chi connectivity index (χ4n) is 3.46. The molecule has 4 rings (SSSR count). The molecular formula is C25H19Br2NO. The fraction of sp³-hybridized carbons (Fsp3) is 0.0800. The molecule has 1 aliphatic heterocycles. The number of nitrogens with zero attached hydrogens (tertiary/aromatic N) is 1. The zero-order valence-electron chi connectivity index (χ0n) is 15.7. The van der Waals surface area contributed by atoms with Crippen LogP contribution in [0.4, 0.5) is 5.69 Å². The number of carbonyl (C=O) groups is 1. The van der Waals surface area contributed by atoms with Crippen LogP contribution >= 0.6 is 31.9 Å². The quantitative estimate of drug-likeness (QED) is 0.364. The second-order valence-corrected chi connectivity index (χ2v) is 8.80. The minimum Gasteiger partial charge on any atom is -0.363 e. The topological polar surface area (TPSA) is 20.3 Å². The van der Waals surface area contributed by atoms with Crippen molar-refractivity contribution in [3.8, 4) is 0 Å². The molecule has 0 aromatic heterocycles. The Morgan fingerprint density at radius 2 is 1.21 bits per heavy atom. The van der Waals surface area contributed by atoms with Gasteiger partial charge in [0, 0.05) is 38.9 Å². The van der Waals surface area contributed by atoms with Gasteiger partial charge in [0.15, 0.2) is 5.78 Å². The molecule has 0 saturated carbocycles. The van der Waals surface area contributed by atoms with E-state index in [2.05, 4.69) is 48.9 Å². The van der Waals surface area contributed by atoms with Crippen molar-refractivity contribution in [2.24, 2.45) is 0 Å². The maximum atomic E-state index is 13.3. The third kappa shape index (κ3) is 4.95. The minimum atomic E-state index is 0.108. The van der Waals surface area contributed by atoms with Gasteiger partial charge >= 0.3 is 0 Å². The summed E-state index contributed by atoms with van der Waals surface area (Å²) in [6, 6.07) is 26.3. The van der Waals surface area contributed by atoms with Crippen LogP contribution in [0.15, 0.2) is 99.0 Å². The lowest BCUT2D eigenvalue weighted by Gasteiger charge is -2.31. The van der Waals surface area contributed by atoms with Crippen LogP contribution in [-0.4, -0.2) is 18.9 Å². The standard InChI is InChI=1S/C25H19Br2NO/c26-22-8-4-6-18(14-22)12-20-16-28(24-10-2-1-3-11-24)17-21(25(20)29)13-19-7-5-9-23(27)15-19/h1-15H,16-17H2/b20-12-,21-13+. The van der Waals surface area contributed by atoms with Crippen LogP contribution < -0.4 is 4.90 Å². The van der Waals surface area contributed by atoms with Gasteiger partial charge in [0.05, 0.1) is 0 Å². The number of anilines is 1. The maximum Gasteiger partial charge on any atom is 0.188 e. The first-order valence-corrected chi connectivity index (χ1v) is 10.9. The van der Waals surface area contributed by atoms with Crippen molar-refractivity contribution >= 4 is 55.5 Å². The molecule has 1 heterocycles. The Kier molecular flexibility index (Phi) is 6.12. The average molecular weight is 509 g/mol. The van der Waals surface area contributed by atoms with Crippen LogP contribution in [0, 0.1) is 0 Å². The maximum absolute atomic E-state index is 13.3. The van der Waals surface area contributed by atoms with Crippen molar-refractivity contribution in [3.63, 3.8) is 0 Å². The molecule has 29 heavy (non-hydrogen) atoms. The molecule has 2 nitrogen and oxygen atoms in total. The van der Waals surface area contributed by atoms with Crippen LogP contribution in [0.25, 0.3) is 12.2 Å². The molecule has 0 atom stereocenters. The molecule has 0 spiro atoms. The van der Waals surface area contributed by atoms with E-state index in [0.717, 1.165) is 36.9 Å². The van der Waals surface area contributed by atoms with Gasteiger partial charge < -0.3 is 4.90 Å². The van der Waals surface area contributed by atoms with Gasteiger partial charge in [-0.3, -0.25) is 4.79 Å². The van der Waals surface area contributed by atoms with Crippen molar-refractivity contribution in [1.29, 1.82) is 0 Å². The summed E-state index contributed by atoms with van der Waals surface area (Å²) in [5.41, 5.74) is 4.72. The molecule has 0 N–H and O–H groups in total. The molecule has 0 radical (unpaired) electrons. The summed E-state index contributed by atoms with van der Waals surface area (Å²) >= 11 is 7.03. The van der Waals surface area contributed by atoms with Gasteiger partial charge in [0.1, 0.15) is 0 Å². The predicted molar refractivity (Wildman–Crippen MR) is 128 cm³/mol. The molecule has 1 fully saturated rings. The molecule has 4 heteroatoms. The number of para-hydroxylation sites is 1. The largest absolute Gasteiger partial charge is 0.363 e. The van der Waals surface area contributed by atoms with E-state index in [0.29, 0.717) is 13.1 Å². The van der Waals surface area contributed by atoms with E-state index in [1.807, 2.05) is 78.9 Å². The summed E-state index contributed by atoms with van der Waals surface area (Å²) in [5, 5.41) is 0. The lowest BCUT2D eigenvalue weighted by Crippen LogP contribution is -2.37. The zero-order valence-corrected chi connectivity index (χ0v) is 18.9. The van der Waals surface area contributed by atoms with Gasteiger partial charge in [-0.2, -0.15) is 0 Å². The number of hydrogen-bond donors (Lipinski definition) is 0. The number of carbonyl (C=O) groups excluding carboxylic acids is 1. The monoisotopic (exact) mass is 507 g/mol.